The molecule has 0 saturated carbocycles. The van der Waals surface area contributed by atoms with Crippen molar-refractivity contribution in [2.75, 3.05) is 26.9 Å². The second kappa shape index (κ2) is 10.3. The SMILES string of the molecule is CCCN1C(=O)C(=O)/C(=C(/O)c2ccc(OC)c(C)c2)C1c1cccc(OCCCO)c1. The Morgan fingerprint density at radius 3 is 2.59 bits per heavy atom. The molecule has 1 atom stereocenters. The molecule has 1 amide bonds. The molecule has 170 valence electrons. The second-order valence-electron chi connectivity index (χ2n) is 7.68. The van der Waals surface area contributed by atoms with Gasteiger partial charge in [-0.3, -0.25) is 9.59 Å². The van der Waals surface area contributed by atoms with Gasteiger partial charge in [0.1, 0.15) is 17.3 Å². The average Bonchev–Trinajstić information content (AvgIpc) is 3.04. The highest BCUT2D eigenvalue weighted by Gasteiger charge is 2.45. The molecule has 0 aromatic heterocycles. The van der Waals surface area contributed by atoms with Crippen LogP contribution >= 0.6 is 0 Å². The van der Waals surface area contributed by atoms with Gasteiger partial charge in [0.05, 0.1) is 25.3 Å². The number of likely N-dealkylation sites (tertiary alicyclic amines) is 1. The van der Waals surface area contributed by atoms with Crippen LogP contribution in [0.15, 0.2) is 48.0 Å². The van der Waals surface area contributed by atoms with Gasteiger partial charge < -0.3 is 24.6 Å². The first kappa shape index (κ1) is 23.3. The number of amides is 1. The number of aliphatic hydroxyl groups excluding tert-OH is 2. The highest BCUT2D eigenvalue weighted by Crippen LogP contribution is 2.40. The molecule has 2 aromatic carbocycles. The molecule has 1 heterocycles. The van der Waals surface area contributed by atoms with E-state index in [1.165, 1.54) is 4.90 Å². The second-order valence-corrected chi connectivity index (χ2v) is 7.68. The lowest BCUT2D eigenvalue weighted by Gasteiger charge is -2.25. The minimum Gasteiger partial charge on any atom is -0.507 e. The van der Waals surface area contributed by atoms with Crippen LogP contribution in [0, 0.1) is 6.92 Å². The summed E-state index contributed by atoms with van der Waals surface area (Å²) in [5.74, 6) is -0.323. The Kier molecular flexibility index (Phi) is 7.53. The van der Waals surface area contributed by atoms with E-state index in [2.05, 4.69) is 0 Å². The molecule has 7 heteroatoms. The van der Waals surface area contributed by atoms with Crippen molar-refractivity contribution in [3.8, 4) is 11.5 Å². The van der Waals surface area contributed by atoms with Crippen molar-refractivity contribution < 1.29 is 29.3 Å². The van der Waals surface area contributed by atoms with E-state index in [1.54, 1.807) is 43.5 Å². The first-order valence-corrected chi connectivity index (χ1v) is 10.7. The summed E-state index contributed by atoms with van der Waals surface area (Å²) in [6.07, 6.45) is 1.16. The Hall–Kier alpha value is -3.32. The average molecular weight is 440 g/mol. The molecule has 32 heavy (non-hydrogen) atoms. The van der Waals surface area contributed by atoms with Gasteiger partial charge in [0.15, 0.2) is 0 Å². The Morgan fingerprint density at radius 2 is 1.94 bits per heavy atom. The lowest BCUT2D eigenvalue weighted by Crippen LogP contribution is -2.30. The maximum atomic E-state index is 13.0. The zero-order valence-corrected chi connectivity index (χ0v) is 18.6. The van der Waals surface area contributed by atoms with E-state index in [0.29, 0.717) is 48.6 Å². The van der Waals surface area contributed by atoms with Crippen molar-refractivity contribution in [3.05, 3.63) is 64.7 Å². The van der Waals surface area contributed by atoms with E-state index in [-0.39, 0.29) is 17.9 Å². The van der Waals surface area contributed by atoms with Gasteiger partial charge >= 0.3 is 0 Å². The predicted molar refractivity (Wildman–Crippen MR) is 121 cm³/mol. The lowest BCUT2D eigenvalue weighted by molar-refractivity contribution is -0.139. The molecule has 0 aliphatic carbocycles. The first-order valence-electron chi connectivity index (χ1n) is 10.7. The number of Topliss-reactive ketones (excluding diaryl/α,β-unsaturated/α-hetero) is 1. The number of aryl methyl sites for hydroxylation is 1. The molecule has 1 unspecified atom stereocenters. The van der Waals surface area contributed by atoms with E-state index in [9.17, 15) is 14.7 Å². The molecular formula is C25H29NO6. The van der Waals surface area contributed by atoms with E-state index in [0.717, 1.165) is 5.56 Å². The number of carbonyl (C=O) groups excluding carboxylic acids is 2. The van der Waals surface area contributed by atoms with Crippen molar-refractivity contribution in [2.24, 2.45) is 0 Å². The van der Waals surface area contributed by atoms with Crippen LogP contribution in [0.5, 0.6) is 11.5 Å². The molecule has 7 nitrogen and oxygen atoms in total. The smallest absolute Gasteiger partial charge is 0.295 e. The number of hydrogen-bond donors (Lipinski definition) is 2. The highest BCUT2D eigenvalue weighted by molar-refractivity contribution is 6.46. The zero-order valence-electron chi connectivity index (χ0n) is 18.6. The fraction of sp³-hybridized carbons (Fsp3) is 0.360. The summed E-state index contributed by atoms with van der Waals surface area (Å²) in [6.45, 7) is 4.52. The third kappa shape index (κ3) is 4.62. The minimum absolute atomic E-state index is 0.0254. The molecule has 1 fully saturated rings. The Morgan fingerprint density at radius 1 is 1.16 bits per heavy atom. The number of benzene rings is 2. The zero-order chi connectivity index (χ0) is 23.3. The standard InChI is InChI=1S/C25H29NO6/c1-4-11-26-22(17-7-5-8-19(15-17)32-13-6-12-27)21(24(29)25(26)30)23(28)18-9-10-20(31-3)16(2)14-18/h5,7-10,14-15,22,27-28H,4,6,11-13H2,1-3H3/b23-21+. The van der Waals surface area contributed by atoms with Crippen LogP contribution in [0.2, 0.25) is 0 Å². The third-order valence-corrected chi connectivity index (χ3v) is 5.42. The summed E-state index contributed by atoms with van der Waals surface area (Å²) in [6, 6.07) is 11.5. The van der Waals surface area contributed by atoms with E-state index >= 15 is 0 Å². The molecule has 1 saturated heterocycles. The van der Waals surface area contributed by atoms with Crippen molar-refractivity contribution in [3.63, 3.8) is 0 Å². The summed E-state index contributed by atoms with van der Waals surface area (Å²) >= 11 is 0. The number of rotatable bonds is 9. The molecule has 1 aliphatic rings. The summed E-state index contributed by atoms with van der Waals surface area (Å²) < 4.78 is 11.0. The predicted octanol–water partition coefficient (Wildman–Crippen LogP) is 3.60. The van der Waals surface area contributed by atoms with Gasteiger partial charge in [-0.15, -0.1) is 0 Å². The van der Waals surface area contributed by atoms with E-state index < -0.39 is 17.7 Å². The highest BCUT2D eigenvalue weighted by atomic mass is 16.5. The molecule has 2 aromatic rings. The summed E-state index contributed by atoms with van der Waals surface area (Å²) in [7, 11) is 1.56. The van der Waals surface area contributed by atoms with E-state index in [4.69, 9.17) is 14.6 Å². The number of ketones is 1. The summed E-state index contributed by atoms with van der Waals surface area (Å²) in [5, 5.41) is 20.1. The Labute approximate surface area is 187 Å². The molecule has 0 radical (unpaired) electrons. The normalized spacial score (nSPS) is 17.6. The van der Waals surface area contributed by atoms with Crippen molar-refractivity contribution >= 4 is 17.4 Å². The summed E-state index contributed by atoms with van der Waals surface area (Å²) in [5.41, 5.74) is 1.97. The van der Waals surface area contributed by atoms with Gasteiger partial charge in [0.25, 0.3) is 11.7 Å². The van der Waals surface area contributed by atoms with Gasteiger partial charge in [-0.05, 0) is 54.8 Å². The van der Waals surface area contributed by atoms with Crippen LogP contribution in [0.25, 0.3) is 5.76 Å². The van der Waals surface area contributed by atoms with Crippen LogP contribution in [-0.2, 0) is 9.59 Å². The van der Waals surface area contributed by atoms with Gasteiger partial charge in [-0.2, -0.15) is 0 Å². The fourth-order valence-corrected chi connectivity index (χ4v) is 3.91. The number of aliphatic hydroxyl groups is 2. The number of carbonyl (C=O) groups is 2. The topological polar surface area (TPSA) is 96.3 Å². The van der Waals surface area contributed by atoms with Crippen LogP contribution in [-0.4, -0.2) is 53.7 Å². The summed E-state index contributed by atoms with van der Waals surface area (Å²) in [4.78, 5) is 27.3. The van der Waals surface area contributed by atoms with E-state index in [1.807, 2.05) is 19.9 Å². The lowest BCUT2D eigenvalue weighted by atomic mass is 9.94. The van der Waals surface area contributed by atoms with Crippen LogP contribution in [0.4, 0.5) is 0 Å². The maximum Gasteiger partial charge on any atom is 0.295 e. The van der Waals surface area contributed by atoms with Crippen LogP contribution in [0.3, 0.4) is 0 Å². The molecular weight excluding hydrogens is 410 g/mol. The molecule has 0 spiro atoms. The number of hydrogen-bond acceptors (Lipinski definition) is 6. The molecule has 3 rings (SSSR count). The van der Waals surface area contributed by atoms with Gasteiger partial charge in [-0.25, -0.2) is 0 Å². The van der Waals surface area contributed by atoms with Crippen molar-refractivity contribution in [1.29, 1.82) is 0 Å². The quantitative estimate of drug-likeness (QED) is 0.268. The molecule has 1 aliphatic heterocycles. The van der Waals surface area contributed by atoms with Crippen LogP contribution < -0.4 is 9.47 Å². The van der Waals surface area contributed by atoms with Crippen LogP contribution in [0.1, 0.15) is 42.5 Å². The van der Waals surface area contributed by atoms with Gasteiger partial charge in [0, 0.05) is 25.1 Å². The van der Waals surface area contributed by atoms with Crippen molar-refractivity contribution in [1.82, 2.24) is 4.90 Å². The first-order chi connectivity index (χ1) is 15.4. The number of ether oxygens (including phenoxy) is 2. The Bertz CT molecular complexity index is 1030. The third-order valence-electron chi connectivity index (χ3n) is 5.42. The maximum absolute atomic E-state index is 13.0. The van der Waals surface area contributed by atoms with Crippen molar-refractivity contribution in [2.45, 2.75) is 32.7 Å². The molecule has 2 N–H and O–H groups in total. The molecule has 0 bridgehead atoms. The largest absolute Gasteiger partial charge is 0.507 e. The number of methoxy groups -OCH3 is 1. The monoisotopic (exact) mass is 439 g/mol. The Balaban J connectivity index is 2.10. The van der Waals surface area contributed by atoms with Gasteiger partial charge in [-0.1, -0.05) is 19.1 Å². The van der Waals surface area contributed by atoms with Gasteiger partial charge in [0.2, 0.25) is 0 Å². The fourth-order valence-electron chi connectivity index (χ4n) is 3.91. The number of nitrogens with zero attached hydrogens (tertiary/aromatic N) is 1. The minimum atomic E-state index is -0.723.